The fourth-order valence-corrected chi connectivity index (χ4v) is 1.71. The molecule has 0 fully saturated rings. The van der Waals surface area contributed by atoms with Crippen molar-refractivity contribution in [1.82, 2.24) is 0 Å². The van der Waals surface area contributed by atoms with E-state index < -0.39 is 14.0 Å². The van der Waals surface area contributed by atoms with Crippen LogP contribution in [-0.2, 0) is 19.0 Å². The highest BCUT2D eigenvalue weighted by molar-refractivity contribution is 6.76. The summed E-state index contributed by atoms with van der Waals surface area (Å²) in [6, 6.07) is 1.11. The average Bonchev–Trinajstić information content (AvgIpc) is 2.21. The zero-order valence-corrected chi connectivity index (χ0v) is 12.4. The Labute approximate surface area is 105 Å². The number of ether oxygens (including phenoxy) is 3. The van der Waals surface area contributed by atoms with Crippen LogP contribution < -0.4 is 0 Å². The molecule has 0 radical (unpaired) electrons. The van der Waals surface area contributed by atoms with Crippen LogP contribution in [-0.4, -0.2) is 40.7 Å². The second kappa shape index (κ2) is 8.44. The van der Waals surface area contributed by atoms with Crippen molar-refractivity contribution in [3.05, 3.63) is 12.2 Å². The smallest absolute Gasteiger partial charge is 0.335 e. The van der Waals surface area contributed by atoms with Gasteiger partial charge < -0.3 is 14.2 Å². The predicted octanol–water partition coefficient (Wildman–Crippen LogP) is 2.43. The molecule has 0 aliphatic rings. The molecule has 0 aromatic rings. The van der Waals surface area contributed by atoms with E-state index in [0.717, 1.165) is 6.04 Å². The van der Waals surface area contributed by atoms with Gasteiger partial charge in [0.2, 0.25) is 0 Å². The summed E-state index contributed by atoms with van der Waals surface area (Å²) in [7, 11) is -1.04. The van der Waals surface area contributed by atoms with Gasteiger partial charge in [0.15, 0.2) is 0 Å². The Morgan fingerprint density at radius 2 is 1.88 bits per heavy atom. The Bertz CT molecular complexity index is 245. The van der Waals surface area contributed by atoms with Gasteiger partial charge in [-0.25, -0.2) is 4.79 Å². The van der Waals surface area contributed by atoms with Crippen LogP contribution in [0.2, 0.25) is 25.7 Å². The van der Waals surface area contributed by atoms with Crippen LogP contribution in [0.4, 0.5) is 0 Å². The van der Waals surface area contributed by atoms with E-state index in [0.29, 0.717) is 18.8 Å². The SMILES string of the molecule is C=C(COCOCC[Si](C)(C)C)C(=O)OCC. The largest absolute Gasteiger partial charge is 0.463 e. The third-order valence-corrected chi connectivity index (χ3v) is 3.71. The first-order valence-electron chi connectivity index (χ1n) is 5.87. The molecule has 100 valence electrons. The zero-order valence-electron chi connectivity index (χ0n) is 11.4. The van der Waals surface area contributed by atoms with Gasteiger partial charge in [-0.05, 0) is 13.0 Å². The molecule has 0 rings (SSSR count). The molecule has 0 amide bonds. The Morgan fingerprint density at radius 1 is 1.24 bits per heavy atom. The van der Waals surface area contributed by atoms with Gasteiger partial charge in [0.1, 0.15) is 6.79 Å². The molecule has 0 atom stereocenters. The summed E-state index contributed by atoms with van der Waals surface area (Å²) in [5, 5.41) is 0. The molecule has 0 saturated heterocycles. The van der Waals surface area contributed by atoms with Crippen LogP contribution >= 0.6 is 0 Å². The fraction of sp³-hybridized carbons (Fsp3) is 0.750. The summed E-state index contributed by atoms with van der Waals surface area (Å²) >= 11 is 0. The number of rotatable bonds is 9. The minimum atomic E-state index is -1.04. The molecule has 4 nitrogen and oxygen atoms in total. The van der Waals surface area contributed by atoms with Crippen LogP contribution in [0.3, 0.4) is 0 Å². The normalized spacial score (nSPS) is 11.3. The quantitative estimate of drug-likeness (QED) is 0.210. The summed E-state index contributed by atoms with van der Waals surface area (Å²) in [6.45, 7) is 13.6. The van der Waals surface area contributed by atoms with Crippen molar-refractivity contribution < 1.29 is 19.0 Å². The third kappa shape index (κ3) is 10.2. The van der Waals surface area contributed by atoms with Crippen LogP contribution in [0.5, 0.6) is 0 Å². The van der Waals surface area contributed by atoms with Gasteiger partial charge in [0.05, 0.1) is 18.8 Å². The van der Waals surface area contributed by atoms with E-state index in [4.69, 9.17) is 14.2 Å². The van der Waals surface area contributed by atoms with Gasteiger partial charge in [0, 0.05) is 14.7 Å². The lowest BCUT2D eigenvalue weighted by atomic mass is 10.3. The van der Waals surface area contributed by atoms with Crippen LogP contribution in [0.15, 0.2) is 12.2 Å². The number of esters is 1. The van der Waals surface area contributed by atoms with E-state index in [-0.39, 0.29) is 13.4 Å². The van der Waals surface area contributed by atoms with Gasteiger partial charge >= 0.3 is 5.97 Å². The van der Waals surface area contributed by atoms with E-state index in [9.17, 15) is 4.79 Å². The van der Waals surface area contributed by atoms with E-state index in [1.54, 1.807) is 6.92 Å². The van der Waals surface area contributed by atoms with E-state index >= 15 is 0 Å². The number of carbonyl (C=O) groups excluding carboxylic acids is 1. The highest BCUT2D eigenvalue weighted by Gasteiger charge is 2.12. The summed E-state index contributed by atoms with van der Waals surface area (Å²) in [5.41, 5.74) is 0.320. The molecule has 0 aliphatic carbocycles. The molecule has 5 heteroatoms. The van der Waals surface area contributed by atoms with Gasteiger partial charge in [0.25, 0.3) is 0 Å². The highest BCUT2D eigenvalue weighted by atomic mass is 28.3. The van der Waals surface area contributed by atoms with E-state index in [1.807, 2.05) is 0 Å². The summed E-state index contributed by atoms with van der Waals surface area (Å²) in [5.74, 6) is -0.408. The molecular formula is C12H24O4Si. The first-order valence-corrected chi connectivity index (χ1v) is 9.58. The number of carbonyl (C=O) groups is 1. The van der Waals surface area contributed by atoms with Crippen molar-refractivity contribution in [2.75, 3.05) is 26.6 Å². The Hall–Kier alpha value is -0.653. The van der Waals surface area contributed by atoms with Gasteiger partial charge in [-0.3, -0.25) is 0 Å². The summed E-state index contributed by atoms with van der Waals surface area (Å²) < 4.78 is 15.3. The van der Waals surface area contributed by atoms with E-state index in [2.05, 4.69) is 26.2 Å². The second-order valence-electron chi connectivity index (χ2n) is 5.01. The molecule has 0 spiro atoms. The van der Waals surface area contributed by atoms with Crippen molar-refractivity contribution in [2.24, 2.45) is 0 Å². The monoisotopic (exact) mass is 260 g/mol. The number of hydrogen-bond acceptors (Lipinski definition) is 4. The van der Waals surface area contributed by atoms with Gasteiger partial charge in [-0.1, -0.05) is 26.2 Å². The maximum absolute atomic E-state index is 11.2. The molecule has 0 heterocycles. The second-order valence-corrected chi connectivity index (χ2v) is 10.6. The topological polar surface area (TPSA) is 44.8 Å². The molecule has 0 aromatic heterocycles. The van der Waals surface area contributed by atoms with E-state index in [1.165, 1.54) is 0 Å². The van der Waals surface area contributed by atoms with Crippen molar-refractivity contribution >= 4 is 14.0 Å². The van der Waals surface area contributed by atoms with Crippen molar-refractivity contribution in [3.63, 3.8) is 0 Å². The first-order chi connectivity index (χ1) is 7.87. The lowest BCUT2D eigenvalue weighted by Crippen LogP contribution is -2.22. The third-order valence-electron chi connectivity index (χ3n) is 2.00. The molecule has 0 aromatic carbocycles. The predicted molar refractivity (Wildman–Crippen MR) is 70.7 cm³/mol. The maximum atomic E-state index is 11.2. The standard InChI is InChI=1S/C12H24O4Si/c1-6-16-12(13)11(2)9-15-10-14-7-8-17(3,4)5/h2,6-10H2,1,3-5H3. The minimum Gasteiger partial charge on any atom is -0.463 e. The maximum Gasteiger partial charge on any atom is 0.335 e. The van der Waals surface area contributed by atoms with Gasteiger partial charge in [-0.15, -0.1) is 0 Å². The molecule has 0 unspecified atom stereocenters. The minimum absolute atomic E-state index is 0.159. The molecular weight excluding hydrogens is 236 g/mol. The average molecular weight is 260 g/mol. The summed E-state index contributed by atoms with van der Waals surface area (Å²) in [4.78, 5) is 11.2. The van der Waals surface area contributed by atoms with Gasteiger partial charge in [-0.2, -0.15) is 0 Å². The van der Waals surface area contributed by atoms with Crippen LogP contribution in [0.1, 0.15) is 6.92 Å². The summed E-state index contributed by atoms with van der Waals surface area (Å²) in [6.07, 6.45) is 0. The molecule has 17 heavy (non-hydrogen) atoms. The molecule has 0 aliphatic heterocycles. The van der Waals surface area contributed by atoms with Crippen LogP contribution in [0.25, 0.3) is 0 Å². The van der Waals surface area contributed by atoms with Crippen LogP contribution in [0, 0.1) is 0 Å². The van der Waals surface area contributed by atoms with Crippen molar-refractivity contribution in [2.45, 2.75) is 32.6 Å². The lowest BCUT2D eigenvalue weighted by molar-refractivity contribution is -0.139. The molecule has 0 N–H and O–H groups in total. The first kappa shape index (κ1) is 16.3. The Balaban J connectivity index is 3.46. The lowest BCUT2D eigenvalue weighted by Gasteiger charge is -2.15. The number of hydrogen-bond donors (Lipinski definition) is 0. The Kier molecular flexibility index (Phi) is 8.12. The Morgan fingerprint density at radius 3 is 2.41 bits per heavy atom. The fourth-order valence-electron chi connectivity index (χ4n) is 0.953. The van der Waals surface area contributed by atoms with Crippen molar-refractivity contribution in [3.8, 4) is 0 Å². The zero-order chi connectivity index (χ0) is 13.3. The molecule has 0 saturated carbocycles. The molecule has 0 bridgehead atoms. The highest BCUT2D eigenvalue weighted by Crippen LogP contribution is 2.07. The van der Waals surface area contributed by atoms with Crippen molar-refractivity contribution in [1.29, 1.82) is 0 Å².